The highest BCUT2D eigenvalue weighted by Crippen LogP contribution is 2.30. The van der Waals surface area contributed by atoms with Crippen molar-refractivity contribution in [3.8, 4) is 0 Å². The summed E-state index contributed by atoms with van der Waals surface area (Å²) in [5.74, 6) is 0.957. The summed E-state index contributed by atoms with van der Waals surface area (Å²) in [6.45, 7) is 5.02. The molecule has 3 nitrogen and oxygen atoms in total. The van der Waals surface area contributed by atoms with Crippen LogP contribution in [0.15, 0.2) is 0 Å². The van der Waals surface area contributed by atoms with Crippen molar-refractivity contribution in [2.45, 2.75) is 51.2 Å². The summed E-state index contributed by atoms with van der Waals surface area (Å²) in [5, 5.41) is 0. The summed E-state index contributed by atoms with van der Waals surface area (Å²) in [4.78, 5) is 3.05. The van der Waals surface area contributed by atoms with Crippen LogP contribution in [0.5, 0.6) is 0 Å². The molecule has 1 aliphatic heterocycles. The second kappa shape index (κ2) is 6.12. The molecule has 1 atom stereocenters. The molecule has 1 saturated heterocycles. The lowest BCUT2D eigenvalue weighted by Gasteiger charge is -2.41. The number of rotatable bonds is 3. The van der Waals surface area contributed by atoms with Gasteiger partial charge in [-0.05, 0) is 31.6 Å². The normalized spacial score (nSPS) is 35.7. The summed E-state index contributed by atoms with van der Waals surface area (Å²) in [7, 11) is 0. The maximum Gasteiger partial charge on any atom is 0.120 e. The van der Waals surface area contributed by atoms with E-state index in [1.165, 1.54) is 32.1 Å². The zero-order chi connectivity index (χ0) is 12.3. The Hall–Kier alpha value is -0.190. The lowest BCUT2D eigenvalue weighted by Crippen LogP contribution is -2.52. The van der Waals surface area contributed by atoms with E-state index >= 15 is 0 Å². The number of morpholine rings is 1. The lowest BCUT2D eigenvalue weighted by molar-refractivity contribution is -0.0201. The van der Waals surface area contributed by atoms with Crippen molar-refractivity contribution >= 4 is 17.2 Å². The summed E-state index contributed by atoms with van der Waals surface area (Å²) in [6.07, 6.45) is 6.76. The van der Waals surface area contributed by atoms with Crippen LogP contribution in [0, 0.1) is 5.92 Å². The first-order chi connectivity index (χ1) is 8.20. The van der Waals surface area contributed by atoms with E-state index in [0.717, 1.165) is 31.7 Å². The molecule has 2 N–H and O–H groups in total. The van der Waals surface area contributed by atoms with E-state index in [4.69, 9.17) is 22.7 Å². The third kappa shape index (κ3) is 3.39. The number of nitrogens with two attached hydrogens (primary N) is 1. The molecule has 0 aromatic carbocycles. The predicted molar refractivity (Wildman–Crippen MR) is 74.1 cm³/mol. The number of hydrogen-bond donors (Lipinski definition) is 1. The van der Waals surface area contributed by atoms with Gasteiger partial charge >= 0.3 is 0 Å². The third-order valence-electron chi connectivity index (χ3n) is 4.33. The minimum atomic E-state index is -0.0253. The van der Waals surface area contributed by atoms with Crippen LogP contribution in [0.3, 0.4) is 0 Å². The molecule has 0 amide bonds. The van der Waals surface area contributed by atoms with E-state index in [1.807, 2.05) is 0 Å². The van der Waals surface area contributed by atoms with Crippen LogP contribution in [0.4, 0.5) is 0 Å². The van der Waals surface area contributed by atoms with E-state index in [-0.39, 0.29) is 6.10 Å². The Balaban J connectivity index is 1.84. The summed E-state index contributed by atoms with van der Waals surface area (Å²) in [6, 6.07) is 0.735. The zero-order valence-corrected chi connectivity index (χ0v) is 11.5. The van der Waals surface area contributed by atoms with E-state index in [2.05, 4.69) is 11.8 Å². The van der Waals surface area contributed by atoms with Crippen LogP contribution < -0.4 is 5.73 Å². The van der Waals surface area contributed by atoms with Crippen molar-refractivity contribution in [2.75, 3.05) is 19.7 Å². The van der Waals surface area contributed by atoms with Crippen LogP contribution in [-0.2, 0) is 4.74 Å². The van der Waals surface area contributed by atoms with E-state index in [1.54, 1.807) is 0 Å². The van der Waals surface area contributed by atoms with Gasteiger partial charge in [0.15, 0.2) is 0 Å². The predicted octanol–water partition coefficient (Wildman–Crippen LogP) is 1.94. The molecular weight excluding hydrogens is 232 g/mol. The minimum absolute atomic E-state index is 0.0253. The molecule has 0 spiro atoms. The maximum absolute atomic E-state index is 5.68. The van der Waals surface area contributed by atoms with Gasteiger partial charge in [-0.25, -0.2) is 0 Å². The summed E-state index contributed by atoms with van der Waals surface area (Å²) < 4.78 is 5.59. The van der Waals surface area contributed by atoms with Crippen LogP contribution in [0.1, 0.15) is 39.0 Å². The summed E-state index contributed by atoms with van der Waals surface area (Å²) in [5.41, 5.74) is 5.68. The molecule has 1 saturated carbocycles. The molecule has 17 heavy (non-hydrogen) atoms. The molecule has 98 valence electrons. The second-order valence-electron chi connectivity index (χ2n) is 5.34. The quantitative estimate of drug-likeness (QED) is 0.783. The van der Waals surface area contributed by atoms with Gasteiger partial charge in [0.1, 0.15) is 11.1 Å². The molecule has 1 aliphatic carbocycles. The van der Waals surface area contributed by atoms with Crippen LogP contribution in [-0.4, -0.2) is 41.7 Å². The average Bonchev–Trinajstić information content (AvgIpc) is 2.39. The van der Waals surface area contributed by atoms with Gasteiger partial charge in [-0.3, -0.25) is 4.90 Å². The molecule has 1 unspecified atom stereocenters. The molecule has 0 radical (unpaired) electrons. The Morgan fingerprint density at radius 2 is 2.06 bits per heavy atom. The van der Waals surface area contributed by atoms with Crippen LogP contribution in [0.2, 0.25) is 0 Å². The minimum Gasteiger partial charge on any atom is -0.391 e. The maximum atomic E-state index is 5.68. The van der Waals surface area contributed by atoms with Gasteiger partial charge in [-0.1, -0.05) is 25.6 Å². The first-order valence-corrected chi connectivity index (χ1v) is 7.26. The largest absolute Gasteiger partial charge is 0.391 e. The lowest BCUT2D eigenvalue weighted by atomic mass is 9.84. The smallest absolute Gasteiger partial charge is 0.120 e. The Morgan fingerprint density at radius 3 is 2.65 bits per heavy atom. The zero-order valence-electron chi connectivity index (χ0n) is 10.7. The monoisotopic (exact) mass is 256 g/mol. The molecule has 4 heteroatoms. The fraction of sp³-hybridized carbons (Fsp3) is 0.923. The second-order valence-corrected chi connectivity index (χ2v) is 5.81. The first kappa shape index (κ1) is 13.2. The molecule has 0 aromatic rings. The Labute approximate surface area is 110 Å². The van der Waals surface area contributed by atoms with Crippen molar-refractivity contribution < 1.29 is 4.74 Å². The standard InChI is InChI=1S/C13H24N2OS/c1-2-10-3-5-11(6-4-10)15-7-8-16-12(9-15)13(14)17/h10-12H,2-9H2,1H3,(H2,14,17). The molecule has 1 heterocycles. The molecule has 2 fully saturated rings. The first-order valence-electron chi connectivity index (χ1n) is 6.85. The fourth-order valence-electron chi connectivity index (χ4n) is 3.09. The molecule has 2 rings (SSSR count). The number of thiocarbonyl (C=S) groups is 1. The summed E-state index contributed by atoms with van der Waals surface area (Å²) >= 11 is 5.03. The molecular formula is C13H24N2OS. The number of ether oxygens (including phenoxy) is 1. The van der Waals surface area contributed by atoms with Gasteiger partial charge in [0.05, 0.1) is 6.61 Å². The fourth-order valence-corrected chi connectivity index (χ4v) is 3.23. The van der Waals surface area contributed by atoms with Crippen molar-refractivity contribution in [1.82, 2.24) is 4.90 Å². The van der Waals surface area contributed by atoms with Gasteiger partial charge in [0, 0.05) is 19.1 Å². The number of hydrogen-bond acceptors (Lipinski definition) is 3. The highest BCUT2D eigenvalue weighted by atomic mass is 32.1. The highest BCUT2D eigenvalue weighted by molar-refractivity contribution is 7.80. The SMILES string of the molecule is CCC1CCC(N2CCOC(C(N)=S)C2)CC1. The van der Waals surface area contributed by atoms with Crippen molar-refractivity contribution in [3.63, 3.8) is 0 Å². The Morgan fingerprint density at radius 1 is 1.35 bits per heavy atom. The van der Waals surface area contributed by atoms with Crippen molar-refractivity contribution in [3.05, 3.63) is 0 Å². The number of nitrogens with zero attached hydrogens (tertiary/aromatic N) is 1. The van der Waals surface area contributed by atoms with E-state index in [0.29, 0.717) is 4.99 Å². The van der Waals surface area contributed by atoms with Crippen molar-refractivity contribution in [2.24, 2.45) is 11.7 Å². The Bertz CT molecular complexity index is 264. The van der Waals surface area contributed by atoms with Gasteiger partial charge in [0.25, 0.3) is 0 Å². The van der Waals surface area contributed by atoms with Crippen LogP contribution >= 0.6 is 12.2 Å². The van der Waals surface area contributed by atoms with Gasteiger partial charge < -0.3 is 10.5 Å². The average molecular weight is 256 g/mol. The molecule has 0 aromatic heterocycles. The highest BCUT2D eigenvalue weighted by Gasteiger charge is 2.30. The van der Waals surface area contributed by atoms with Gasteiger partial charge in [0.2, 0.25) is 0 Å². The van der Waals surface area contributed by atoms with E-state index in [9.17, 15) is 0 Å². The Kier molecular flexibility index (Phi) is 4.77. The molecule has 0 bridgehead atoms. The molecule has 2 aliphatic rings. The van der Waals surface area contributed by atoms with E-state index < -0.39 is 0 Å². The van der Waals surface area contributed by atoms with Gasteiger partial charge in [-0.2, -0.15) is 0 Å². The van der Waals surface area contributed by atoms with Crippen molar-refractivity contribution in [1.29, 1.82) is 0 Å². The topological polar surface area (TPSA) is 38.5 Å². The van der Waals surface area contributed by atoms with Crippen LogP contribution in [0.25, 0.3) is 0 Å². The van der Waals surface area contributed by atoms with Gasteiger partial charge in [-0.15, -0.1) is 0 Å². The third-order valence-corrected chi connectivity index (χ3v) is 4.59.